The molecule has 3 aromatic heterocycles. The molecule has 0 bridgehead atoms. The van der Waals surface area contributed by atoms with Crippen LogP contribution in [0, 0.1) is 0 Å². The monoisotopic (exact) mass is 481 g/mol. The zero-order valence-electron chi connectivity index (χ0n) is 15.2. The molecule has 3 rings (SSSR count). The predicted octanol–water partition coefficient (Wildman–Crippen LogP) is 2.38. The van der Waals surface area contributed by atoms with Crippen LogP contribution in [0.5, 0.6) is 0 Å². The van der Waals surface area contributed by atoms with Crippen molar-refractivity contribution in [3.8, 4) is 0 Å². The highest BCUT2D eigenvalue weighted by Gasteiger charge is 2.04. The Morgan fingerprint density at radius 1 is 1.22 bits per heavy atom. The summed E-state index contributed by atoms with van der Waals surface area (Å²) in [6.07, 6.45) is 6.04. The Hall–Kier alpha value is -2.43. The van der Waals surface area contributed by atoms with E-state index < -0.39 is 0 Å². The predicted molar refractivity (Wildman–Crippen MR) is 114 cm³/mol. The highest BCUT2D eigenvalue weighted by atomic mass is 127. The lowest BCUT2D eigenvalue weighted by Gasteiger charge is -2.12. The Balaban J connectivity index is 0.00000261. The number of guanidine groups is 1. The van der Waals surface area contributed by atoms with E-state index in [1.807, 2.05) is 34.9 Å². The van der Waals surface area contributed by atoms with E-state index in [2.05, 4.69) is 37.7 Å². The maximum Gasteiger partial charge on any atom is 0.192 e. The summed E-state index contributed by atoms with van der Waals surface area (Å²) in [6, 6.07) is 9.60. The fraction of sp³-hybridized carbons (Fsp3) is 0.333. The van der Waals surface area contributed by atoms with Gasteiger partial charge in [-0.1, -0.05) is 13.0 Å². The molecule has 3 aromatic rings. The molecule has 8 nitrogen and oxygen atoms in total. The number of pyridine rings is 1. The molecule has 144 valence electrons. The van der Waals surface area contributed by atoms with E-state index in [0.717, 1.165) is 30.2 Å². The lowest BCUT2D eigenvalue weighted by molar-refractivity contribution is 0.501. The molecule has 0 atom stereocenters. The first-order valence-electron chi connectivity index (χ1n) is 8.66. The summed E-state index contributed by atoms with van der Waals surface area (Å²) < 4.78 is 7.40. The lowest BCUT2D eigenvalue weighted by atomic mass is 10.3. The Morgan fingerprint density at radius 3 is 2.89 bits per heavy atom. The van der Waals surface area contributed by atoms with Crippen LogP contribution < -0.4 is 10.6 Å². The third kappa shape index (κ3) is 6.66. The second kappa shape index (κ2) is 11.3. The van der Waals surface area contributed by atoms with Gasteiger partial charge in [-0.05, 0) is 24.3 Å². The van der Waals surface area contributed by atoms with E-state index in [1.54, 1.807) is 18.8 Å². The fourth-order valence-electron chi connectivity index (χ4n) is 2.44. The molecule has 0 radical (unpaired) electrons. The van der Waals surface area contributed by atoms with Gasteiger partial charge in [-0.25, -0.2) is 4.99 Å². The molecule has 2 N–H and O–H groups in total. The zero-order chi connectivity index (χ0) is 18.0. The van der Waals surface area contributed by atoms with Crippen molar-refractivity contribution in [1.29, 1.82) is 0 Å². The van der Waals surface area contributed by atoms with Crippen molar-refractivity contribution in [3.05, 3.63) is 66.4 Å². The molecule has 0 aromatic carbocycles. The first-order valence-corrected chi connectivity index (χ1v) is 8.66. The molecule has 0 aliphatic carbocycles. The van der Waals surface area contributed by atoms with E-state index in [4.69, 9.17) is 4.42 Å². The Labute approximate surface area is 175 Å². The zero-order valence-corrected chi connectivity index (χ0v) is 17.5. The summed E-state index contributed by atoms with van der Waals surface area (Å²) in [5.41, 5.74) is 0.915. The molecule has 0 fully saturated rings. The van der Waals surface area contributed by atoms with E-state index in [9.17, 15) is 0 Å². The molecule has 0 aliphatic heterocycles. The molecule has 0 amide bonds. The van der Waals surface area contributed by atoms with Crippen molar-refractivity contribution in [1.82, 2.24) is 30.4 Å². The van der Waals surface area contributed by atoms with Crippen molar-refractivity contribution in [2.75, 3.05) is 6.54 Å². The highest BCUT2D eigenvalue weighted by Crippen LogP contribution is 2.00. The van der Waals surface area contributed by atoms with Crippen LogP contribution in [0.3, 0.4) is 0 Å². The molecule has 0 aliphatic rings. The van der Waals surface area contributed by atoms with E-state index >= 15 is 0 Å². The minimum Gasteiger partial charge on any atom is -0.467 e. The van der Waals surface area contributed by atoms with Gasteiger partial charge in [-0.2, -0.15) is 0 Å². The molecule has 9 heteroatoms. The lowest BCUT2D eigenvalue weighted by Crippen LogP contribution is -2.38. The number of halogens is 1. The summed E-state index contributed by atoms with van der Waals surface area (Å²) in [5, 5.41) is 14.7. The first kappa shape index (κ1) is 20.9. The highest BCUT2D eigenvalue weighted by molar-refractivity contribution is 14.0. The van der Waals surface area contributed by atoms with Gasteiger partial charge >= 0.3 is 0 Å². The van der Waals surface area contributed by atoms with Crippen LogP contribution in [0.15, 0.2) is 58.5 Å². The molecule has 0 saturated carbocycles. The standard InChI is InChI=1S/C18H23N7O.HI/c1-2-17-24-23-14-25(17)10-9-20-18(22-13-16-7-5-11-26-16)21-12-15-6-3-4-8-19-15;/h3-8,11,14H,2,9-10,12-13H2,1H3,(H2,20,21,22);1H. The minimum atomic E-state index is 0. The van der Waals surface area contributed by atoms with Gasteiger partial charge in [0, 0.05) is 25.7 Å². The van der Waals surface area contributed by atoms with Crippen LogP contribution in [0.2, 0.25) is 0 Å². The van der Waals surface area contributed by atoms with Crippen molar-refractivity contribution in [2.45, 2.75) is 33.0 Å². The van der Waals surface area contributed by atoms with E-state index in [1.165, 1.54) is 0 Å². The average Bonchev–Trinajstić information content (AvgIpc) is 3.36. The number of hydrogen-bond acceptors (Lipinski definition) is 5. The van der Waals surface area contributed by atoms with Crippen LogP contribution in [0.1, 0.15) is 24.2 Å². The first-order chi connectivity index (χ1) is 12.8. The summed E-state index contributed by atoms with van der Waals surface area (Å²) in [7, 11) is 0. The molecular weight excluding hydrogens is 457 g/mol. The number of furan rings is 1. The van der Waals surface area contributed by atoms with Crippen molar-refractivity contribution >= 4 is 29.9 Å². The number of nitrogens with zero attached hydrogens (tertiary/aromatic N) is 5. The van der Waals surface area contributed by atoms with Gasteiger partial charge in [-0.15, -0.1) is 34.2 Å². The Morgan fingerprint density at radius 2 is 2.15 bits per heavy atom. The summed E-state index contributed by atoms with van der Waals surface area (Å²) in [6.45, 7) is 4.60. The van der Waals surface area contributed by atoms with Crippen molar-refractivity contribution in [2.24, 2.45) is 4.99 Å². The second-order valence-corrected chi connectivity index (χ2v) is 5.64. The van der Waals surface area contributed by atoms with Gasteiger partial charge in [0.05, 0.1) is 25.0 Å². The van der Waals surface area contributed by atoms with E-state index in [-0.39, 0.29) is 24.0 Å². The number of aliphatic imine (C=N–C) groups is 1. The van der Waals surface area contributed by atoms with Crippen LogP contribution in [0.25, 0.3) is 0 Å². The SMILES string of the molecule is CCc1nncn1CCNC(=NCc1ccccn1)NCc1ccco1.I. The number of hydrogen-bond donors (Lipinski definition) is 2. The molecule has 27 heavy (non-hydrogen) atoms. The third-order valence-corrected chi connectivity index (χ3v) is 3.79. The Kier molecular flexibility index (Phi) is 8.75. The normalized spacial score (nSPS) is 11.1. The van der Waals surface area contributed by atoms with Crippen LogP contribution in [0.4, 0.5) is 0 Å². The van der Waals surface area contributed by atoms with Crippen LogP contribution >= 0.6 is 24.0 Å². The topological polar surface area (TPSA) is 93.2 Å². The largest absolute Gasteiger partial charge is 0.467 e. The van der Waals surface area contributed by atoms with Gasteiger partial charge < -0.3 is 19.6 Å². The number of aryl methyl sites for hydroxylation is 1. The molecule has 3 heterocycles. The fourth-order valence-corrected chi connectivity index (χ4v) is 2.44. The summed E-state index contributed by atoms with van der Waals surface area (Å²) in [5.74, 6) is 2.53. The third-order valence-electron chi connectivity index (χ3n) is 3.79. The quantitative estimate of drug-likeness (QED) is 0.292. The van der Waals surface area contributed by atoms with Crippen LogP contribution in [-0.2, 0) is 26.1 Å². The second-order valence-electron chi connectivity index (χ2n) is 5.64. The minimum absolute atomic E-state index is 0. The summed E-state index contributed by atoms with van der Waals surface area (Å²) >= 11 is 0. The maximum absolute atomic E-state index is 5.36. The van der Waals surface area contributed by atoms with E-state index in [0.29, 0.717) is 25.6 Å². The van der Waals surface area contributed by atoms with Gasteiger partial charge in [0.25, 0.3) is 0 Å². The smallest absolute Gasteiger partial charge is 0.192 e. The number of nitrogens with one attached hydrogen (secondary N) is 2. The average molecular weight is 481 g/mol. The number of rotatable bonds is 8. The molecule has 0 saturated heterocycles. The van der Waals surface area contributed by atoms with Gasteiger partial charge in [-0.3, -0.25) is 4.98 Å². The van der Waals surface area contributed by atoms with Gasteiger partial charge in [0.15, 0.2) is 5.96 Å². The number of aromatic nitrogens is 4. The van der Waals surface area contributed by atoms with Gasteiger partial charge in [0.1, 0.15) is 17.9 Å². The molecule has 0 spiro atoms. The maximum atomic E-state index is 5.36. The van der Waals surface area contributed by atoms with Crippen LogP contribution in [-0.4, -0.2) is 32.3 Å². The van der Waals surface area contributed by atoms with Gasteiger partial charge in [0.2, 0.25) is 0 Å². The van der Waals surface area contributed by atoms with Crippen molar-refractivity contribution < 1.29 is 4.42 Å². The molecular formula is C18H24IN7O. The Bertz CT molecular complexity index is 802. The van der Waals surface area contributed by atoms with Crippen molar-refractivity contribution in [3.63, 3.8) is 0 Å². The molecule has 0 unspecified atom stereocenters. The summed E-state index contributed by atoms with van der Waals surface area (Å²) in [4.78, 5) is 8.91.